The zero-order valence-electron chi connectivity index (χ0n) is 10.9. The Morgan fingerprint density at radius 3 is 2.53 bits per heavy atom. The van der Waals surface area contributed by atoms with Crippen molar-refractivity contribution in [2.24, 2.45) is 0 Å². The molecule has 0 saturated heterocycles. The highest BCUT2D eigenvalue weighted by Gasteiger charge is 2.29. The molecule has 98 valence electrons. The van der Waals surface area contributed by atoms with Crippen molar-refractivity contribution in [2.45, 2.75) is 38.3 Å². The molecule has 0 atom stereocenters. The van der Waals surface area contributed by atoms with Gasteiger partial charge >= 0.3 is 0 Å². The molecule has 0 spiro atoms. The Hall–Kier alpha value is -0.920. The summed E-state index contributed by atoms with van der Waals surface area (Å²) in [6, 6.07) is -0.0864. The maximum atomic E-state index is 12.4. The van der Waals surface area contributed by atoms with Crippen molar-refractivity contribution >= 4 is 10.0 Å². The summed E-state index contributed by atoms with van der Waals surface area (Å²) in [5.41, 5.74) is 1.10. The van der Waals surface area contributed by atoms with E-state index in [0.717, 1.165) is 0 Å². The van der Waals surface area contributed by atoms with E-state index in [9.17, 15) is 8.42 Å². The number of H-pyrrole nitrogens is 1. The third-order valence-electron chi connectivity index (χ3n) is 2.67. The van der Waals surface area contributed by atoms with Crippen LogP contribution >= 0.6 is 0 Å². The van der Waals surface area contributed by atoms with Crippen LogP contribution in [0.25, 0.3) is 0 Å². The van der Waals surface area contributed by atoms with E-state index in [2.05, 4.69) is 15.5 Å². The van der Waals surface area contributed by atoms with Crippen molar-refractivity contribution in [1.82, 2.24) is 19.8 Å². The smallest absolute Gasteiger partial charge is 0.246 e. The molecule has 0 aliphatic rings. The minimum absolute atomic E-state index is 0.0864. The van der Waals surface area contributed by atoms with Gasteiger partial charge in [-0.1, -0.05) is 0 Å². The second kappa shape index (κ2) is 5.16. The standard InChI is InChI=1S/C10H20N4O2S/c1-7(2)14(5)17(15,16)10-8(3)12-13-9(10)6-11-4/h7,11H,6H2,1-5H3,(H,12,13). The summed E-state index contributed by atoms with van der Waals surface area (Å²) >= 11 is 0. The predicted molar refractivity (Wildman–Crippen MR) is 66.2 cm³/mol. The number of nitrogens with zero attached hydrogens (tertiary/aromatic N) is 2. The average molecular weight is 260 g/mol. The van der Waals surface area contributed by atoms with E-state index >= 15 is 0 Å². The third kappa shape index (κ3) is 2.67. The summed E-state index contributed by atoms with van der Waals surface area (Å²) in [4.78, 5) is 0.281. The molecular weight excluding hydrogens is 240 g/mol. The summed E-state index contributed by atoms with van der Waals surface area (Å²) < 4.78 is 26.1. The Morgan fingerprint density at radius 1 is 1.47 bits per heavy atom. The molecule has 0 bridgehead atoms. The molecule has 0 aliphatic heterocycles. The van der Waals surface area contributed by atoms with Crippen LogP contribution in [0.2, 0.25) is 0 Å². The van der Waals surface area contributed by atoms with Crippen molar-refractivity contribution in [2.75, 3.05) is 14.1 Å². The van der Waals surface area contributed by atoms with Crippen molar-refractivity contribution in [3.05, 3.63) is 11.4 Å². The van der Waals surface area contributed by atoms with E-state index in [-0.39, 0.29) is 10.9 Å². The summed E-state index contributed by atoms with van der Waals surface area (Å²) in [5.74, 6) is 0. The number of nitrogens with one attached hydrogen (secondary N) is 2. The molecule has 0 fully saturated rings. The molecule has 0 aromatic carbocycles. The lowest BCUT2D eigenvalue weighted by Crippen LogP contribution is -2.34. The van der Waals surface area contributed by atoms with Gasteiger partial charge in [0.05, 0.1) is 11.4 Å². The molecule has 7 heteroatoms. The second-order valence-electron chi connectivity index (χ2n) is 4.27. The Kier molecular flexibility index (Phi) is 4.29. The van der Waals surface area contributed by atoms with Crippen LogP contribution < -0.4 is 5.32 Å². The zero-order chi connectivity index (χ0) is 13.2. The van der Waals surface area contributed by atoms with Crippen molar-refractivity contribution in [1.29, 1.82) is 0 Å². The van der Waals surface area contributed by atoms with Crippen LogP contribution in [0.1, 0.15) is 25.2 Å². The zero-order valence-corrected chi connectivity index (χ0v) is 11.7. The van der Waals surface area contributed by atoms with Crippen molar-refractivity contribution in [3.8, 4) is 0 Å². The molecule has 1 rings (SSSR count). The van der Waals surface area contributed by atoms with Crippen molar-refractivity contribution in [3.63, 3.8) is 0 Å². The van der Waals surface area contributed by atoms with E-state index in [4.69, 9.17) is 0 Å². The van der Waals surface area contributed by atoms with Gasteiger partial charge in [-0.3, -0.25) is 5.10 Å². The van der Waals surface area contributed by atoms with Crippen LogP contribution in [0.5, 0.6) is 0 Å². The highest BCUT2D eigenvalue weighted by atomic mass is 32.2. The minimum Gasteiger partial charge on any atom is -0.314 e. The van der Waals surface area contributed by atoms with E-state index < -0.39 is 10.0 Å². The monoisotopic (exact) mass is 260 g/mol. The predicted octanol–water partition coefficient (Wildman–Crippen LogP) is 0.466. The number of aryl methyl sites for hydroxylation is 1. The fraction of sp³-hybridized carbons (Fsp3) is 0.700. The molecule has 2 N–H and O–H groups in total. The summed E-state index contributed by atoms with van der Waals surface area (Å²) in [6.07, 6.45) is 0. The van der Waals surface area contributed by atoms with Crippen LogP contribution in [0.4, 0.5) is 0 Å². The van der Waals surface area contributed by atoms with Gasteiger partial charge in [0.25, 0.3) is 0 Å². The number of rotatable bonds is 5. The fourth-order valence-corrected chi connectivity index (χ4v) is 3.21. The number of hydrogen-bond donors (Lipinski definition) is 2. The molecular formula is C10H20N4O2S. The summed E-state index contributed by atoms with van der Waals surface area (Å²) in [6.45, 7) is 5.81. The Morgan fingerprint density at radius 2 is 2.06 bits per heavy atom. The van der Waals surface area contributed by atoms with Gasteiger partial charge in [-0.15, -0.1) is 0 Å². The van der Waals surface area contributed by atoms with Crippen molar-refractivity contribution < 1.29 is 8.42 Å². The average Bonchev–Trinajstić information content (AvgIpc) is 2.59. The van der Waals surface area contributed by atoms with Crippen LogP contribution in [0.15, 0.2) is 4.90 Å². The molecule has 0 unspecified atom stereocenters. The lowest BCUT2D eigenvalue weighted by molar-refractivity contribution is 0.409. The molecule has 0 amide bonds. The molecule has 1 heterocycles. The first-order valence-electron chi connectivity index (χ1n) is 5.48. The largest absolute Gasteiger partial charge is 0.314 e. The van der Waals surface area contributed by atoms with Gasteiger partial charge in [-0.2, -0.15) is 9.40 Å². The highest BCUT2D eigenvalue weighted by Crippen LogP contribution is 2.22. The Bertz CT molecular complexity index is 478. The summed E-state index contributed by atoms with van der Waals surface area (Å²) in [7, 11) is -0.143. The number of aromatic nitrogens is 2. The van der Waals surface area contributed by atoms with Gasteiger partial charge in [-0.05, 0) is 27.8 Å². The van der Waals surface area contributed by atoms with Crippen LogP contribution in [0, 0.1) is 6.92 Å². The topological polar surface area (TPSA) is 78.1 Å². The van der Waals surface area contributed by atoms with E-state index in [1.807, 2.05) is 13.8 Å². The van der Waals surface area contributed by atoms with Gasteiger partial charge < -0.3 is 5.32 Å². The van der Waals surface area contributed by atoms with E-state index in [0.29, 0.717) is 17.9 Å². The van der Waals surface area contributed by atoms with Crippen LogP contribution in [0.3, 0.4) is 0 Å². The molecule has 6 nitrogen and oxygen atoms in total. The Labute approximate surface area is 102 Å². The second-order valence-corrected chi connectivity index (χ2v) is 6.20. The van der Waals surface area contributed by atoms with Crippen LogP contribution in [-0.2, 0) is 16.6 Å². The highest BCUT2D eigenvalue weighted by molar-refractivity contribution is 7.89. The molecule has 1 aromatic heterocycles. The maximum absolute atomic E-state index is 12.4. The SMILES string of the molecule is CNCc1n[nH]c(C)c1S(=O)(=O)N(C)C(C)C. The number of aromatic amines is 1. The van der Waals surface area contributed by atoms with Gasteiger partial charge in [0, 0.05) is 19.6 Å². The van der Waals surface area contributed by atoms with E-state index in [1.165, 1.54) is 4.31 Å². The molecule has 0 saturated carbocycles. The first-order valence-corrected chi connectivity index (χ1v) is 6.92. The van der Waals surface area contributed by atoms with Gasteiger partial charge in [0.2, 0.25) is 10.0 Å². The van der Waals surface area contributed by atoms with Gasteiger partial charge in [0.15, 0.2) is 0 Å². The van der Waals surface area contributed by atoms with Gasteiger partial charge in [0.1, 0.15) is 4.90 Å². The van der Waals surface area contributed by atoms with Gasteiger partial charge in [-0.25, -0.2) is 8.42 Å². The quantitative estimate of drug-likeness (QED) is 0.806. The molecule has 1 aromatic rings. The third-order valence-corrected chi connectivity index (χ3v) is 4.91. The molecule has 0 aliphatic carbocycles. The van der Waals surface area contributed by atoms with Crippen LogP contribution in [-0.4, -0.2) is 43.1 Å². The fourth-order valence-electron chi connectivity index (χ4n) is 1.52. The maximum Gasteiger partial charge on any atom is 0.246 e. The number of sulfonamides is 1. The number of hydrogen-bond acceptors (Lipinski definition) is 4. The normalized spacial score (nSPS) is 12.6. The Balaban J connectivity index is 3.27. The first-order chi connectivity index (χ1) is 7.82. The lowest BCUT2D eigenvalue weighted by atomic mass is 10.4. The lowest BCUT2D eigenvalue weighted by Gasteiger charge is -2.21. The first kappa shape index (κ1) is 14.1. The minimum atomic E-state index is -3.48. The summed E-state index contributed by atoms with van der Waals surface area (Å²) in [5, 5.41) is 9.66. The molecule has 17 heavy (non-hydrogen) atoms. The van der Waals surface area contributed by atoms with E-state index in [1.54, 1.807) is 21.0 Å². The molecule has 0 radical (unpaired) electrons.